The third-order valence-corrected chi connectivity index (χ3v) is 3.16. The van der Waals surface area contributed by atoms with Crippen LogP contribution in [0.4, 0.5) is 0 Å². The summed E-state index contributed by atoms with van der Waals surface area (Å²) in [5.74, 6) is 0.485. The van der Waals surface area contributed by atoms with Crippen LogP contribution in [-0.4, -0.2) is 58.2 Å². The molecular formula is C14H21ClN6O. The second-order valence-corrected chi connectivity index (χ2v) is 4.93. The summed E-state index contributed by atoms with van der Waals surface area (Å²) < 4.78 is 0. The quantitative estimate of drug-likeness (QED) is 0.848. The summed E-state index contributed by atoms with van der Waals surface area (Å²) in [6.07, 6.45) is 0. The van der Waals surface area contributed by atoms with Crippen LogP contribution in [0.3, 0.4) is 0 Å². The largest absolute Gasteiger partial charge is 0.343 e. The van der Waals surface area contributed by atoms with E-state index in [1.165, 1.54) is 10.4 Å². The van der Waals surface area contributed by atoms with Crippen LogP contribution < -0.4 is 5.32 Å². The first kappa shape index (κ1) is 18.1. The van der Waals surface area contributed by atoms with Gasteiger partial charge in [0.05, 0.1) is 0 Å². The molecule has 1 aromatic carbocycles. The van der Waals surface area contributed by atoms with Crippen molar-refractivity contribution in [1.29, 1.82) is 0 Å². The Balaban J connectivity index is 0.00000242. The molecule has 0 aliphatic rings. The molecule has 0 spiro atoms. The van der Waals surface area contributed by atoms with Crippen LogP contribution in [0.2, 0.25) is 0 Å². The third kappa shape index (κ3) is 4.78. The Labute approximate surface area is 136 Å². The van der Waals surface area contributed by atoms with Crippen LogP contribution in [0.5, 0.6) is 0 Å². The van der Waals surface area contributed by atoms with Gasteiger partial charge < -0.3 is 10.2 Å². The van der Waals surface area contributed by atoms with Crippen LogP contribution in [0.1, 0.15) is 5.56 Å². The molecule has 0 saturated heterocycles. The van der Waals surface area contributed by atoms with E-state index in [1.54, 1.807) is 11.9 Å². The van der Waals surface area contributed by atoms with E-state index < -0.39 is 0 Å². The highest BCUT2D eigenvalue weighted by atomic mass is 35.5. The number of nitrogens with one attached hydrogen (secondary N) is 1. The molecule has 0 radical (unpaired) electrons. The van der Waals surface area contributed by atoms with Crippen molar-refractivity contribution in [2.24, 2.45) is 0 Å². The molecule has 1 heterocycles. The molecule has 1 N–H and O–H groups in total. The fraction of sp³-hybridized carbons (Fsp3) is 0.429. The lowest BCUT2D eigenvalue weighted by Gasteiger charge is -2.15. The predicted octanol–water partition coefficient (Wildman–Crippen LogP) is 0.748. The van der Waals surface area contributed by atoms with Crippen molar-refractivity contribution >= 4 is 18.3 Å². The van der Waals surface area contributed by atoms with Gasteiger partial charge in [-0.1, -0.05) is 29.8 Å². The van der Waals surface area contributed by atoms with Gasteiger partial charge >= 0.3 is 0 Å². The summed E-state index contributed by atoms with van der Waals surface area (Å²) >= 11 is 0. The van der Waals surface area contributed by atoms with Gasteiger partial charge in [0.1, 0.15) is 6.54 Å². The van der Waals surface area contributed by atoms with Gasteiger partial charge in [0.15, 0.2) is 0 Å². The molecule has 0 aliphatic carbocycles. The molecule has 0 fully saturated rings. The molecule has 0 aliphatic heterocycles. The van der Waals surface area contributed by atoms with Crippen molar-refractivity contribution in [2.75, 3.05) is 27.2 Å². The van der Waals surface area contributed by atoms with Gasteiger partial charge in [-0.25, -0.2) is 0 Å². The average molecular weight is 325 g/mol. The standard InChI is InChI=1S/C14H20N6O.ClH/c1-11-4-6-12(7-5-11)14-16-18-20(17-14)10-13(21)19(3)9-8-15-2;/h4-7,15H,8-10H2,1-3H3;1H. The molecule has 7 nitrogen and oxygen atoms in total. The van der Waals surface area contributed by atoms with E-state index in [0.29, 0.717) is 12.4 Å². The monoisotopic (exact) mass is 324 g/mol. The third-order valence-electron chi connectivity index (χ3n) is 3.16. The number of tetrazole rings is 1. The molecule has 0 atom stereocenters. The van der Waals surface area contributed by atoms with E-state index in [0.717, 1.165) is 12.1 Å². The number of likely N-dealkylation sites (N-methyl/N-ethyl adjacent to an activating group) is 2. The highest BCUT2D eigenvalue weighted by Crippen LogP contribution is 2.13. The maximum absolute atomic E-state index is 12.0. The van der Waals surface area contributed by atoms with Gasteiger partial charge in [-0.15, -0.1) is 22.6 Å². The van der Waals surface area contributed by atoms with E-state index in [4.69, 9.17) is 0 Å². The fourth-order valence-corrected chi connectivity index (χ4v) is 1.77. The number of nitrogens with zero attached hydrogens (tertiary/aromatic N) is 5. The minimum absolute atomic E-state index is 0. The van der Waals surface area contributed by atoms with Gasteiger partial charge in [0.25, 0.3) is 0 Å². The number of amides is 1. The first-order valence-electron chi connectivity index (χ1n) is 6.83. The van der Waals surface area contributed by atoms with Crippen molar-refractivity contribution in [3.63, 3.8) is 0 Å². The molecule has 2 rings (SSSR count). The summed E-state index contributed by atoms with van der Waals surface area (Å²) in [5, 5.41) is 15.2. The Hall–Kier alpha value is -1.99. The van der Waals surface area contributed by atoms with Crippen LogP contribution in [0, 0.1) is 6.92 Å². The molecule has 0 saturated carbocycles. The number of carbonyl (C=O) groups is 1. The van der Waals surface area contributed by atoms with E-state index in [9.17, 15) is 4.79 Å². The van der Waals surface area contributed by atoms with E-state index in [2.05, 4.69) is 20.7 Å². The minimum atomic E-state index is -0.0434. The summed E-state index contributed by atoms with van der Waals surface area (Å²) in [4.78, 5) is 14.9. The number of halogens is 1. The lowest BCUT2D eigenvalue weighted by molar-refractivity contribution is -0.130. The van der Waals surface area contributed by atoms with Gasteiger partial charge in [-0.05, 0) is 19.2 Å². The zero-order valence-corrected chi connectivity index (χ0v) is 13.8. The van der Waals surface area contributed by atoms with E-state index in [1.807, 2.05) is 38.2 Å². The molecule has 0 unspecified atom stereocenters. The Morgan fingerprint density at radius 2 is 2.00 bits per heavy atom. The summed E-state index contributed by atoms with van der Waals surface area (Å²) in [6, 6.07) is 7.87. The number of aromatic nitrogens is 4. The normalized spacial score (nSPS) is 10.1. The molecule has 8 heteroatoms. The lowest BCUT2D eigenvalue weighted by atomic mass is 10.1. The topological polar surface area (TPSA) is 75.9 Å². The minimum Gasteiger partial charge on any atom is -0.343 e. The van der Waals surface area contributed by atoms with Crippen LogP contribution in [0.25, 0.3) is 11.4 Å². The second kappa shape index (κ2) is 8.45. The number of benzene rings is 1. The number of aryl methyl sites for hydroxylation is 1. The maximum atomic E-state index is 12.0. The van der Waals surface area contributed by atoms with E-state index in [-0.39, 0.29) is 24.9 Å². The molecule has 2 aromatic rings. The predicted molar refractivity (Wildman–Crippen MR) is 86.8 cm³/mol. The Morgan fingerprint density at radius 3 is 2.64 bits per heavy atom. The summed E-state index contributed by atoms with van der Waals surface area (Å²) in [7, 11) is 3.61. The average Bonchev–Trinajstić information content (AvgIpc) is 2.93. The van der Waals surface area contributed by atoms with Gasteiger partial charge in [-0.2, -0.15) is 4.80 Å². The van der Waals surface area contributed by atoms with Crippen LogP contribution >= 0.6 is 12.4 Å². The fourth-order valence-electron chi connectivity index (χ4n) is 1.77. The Morgan fingerprint density at radius 1 is 1.32 bits per heavy atom. The lowest BCUT2D eigenvalue weighted by Crippen LogP contribution is -2.35. The zero-order valence-electron chi connectivity index (χ0n) is 13.0. The van der Waals surface area contributed by atoms with Crippen LogP contribution in [0.15, 0.2) is 24.3 Å². The number of carbonyl (C=O) groups excluding carboxylic acids is 1. The van der Waals surface area contributed by atoms with E-state index >= 15 is 0 Å². The number of rotatable bonds is 6. The van der Waals surface area contributed by atoms with Crippen molar-refractivity contribution in [1.82, 2.24) is 30.4 Å². The van der Waals surface area contributed by atoms with Crippen molar-refractivity contribution < 1.29 is 4.79 Å². The van der Waals surface area contributed by atoms with Gasteiger partial charge in [0.2, 0.25) is 11.7 Å². The molecule has 22 heavy (non-hydrogen) atoms. The van der Waals surface area contributed by atoms with Crippen molar-refractivity contribution in [2.45, 2.75) is 13.5 Å². The van der Waals surface area contributed by atoms with Crippen molar-refractivity contribution in [3.8, 4) is 11.4 Å². The molecule has 120 valence electrons. The Bertz CT molecular complexity index is 598. The van der Waals surface area contributed by atoms with Gasteiger partial charge in [-0.3, -0.25) is 4.79 Å². The highest BCUT2D eigenvalue weighted by Gasteiger charge is 2.12. The van der Waals surface area contributed by atoms with Crippen LogP contribution in [-0.2, 0) is 11.3 Å². The smallest absolute Gasteiger partial charge is 0.246 e. The molecule has 1 aromatic heterocycles. The maximum Gasteiger partial charge on any atom is 0.246 e. The number of hydrogen-bond donors (Lipinski definition) is 1. The first-order valence-corrected chi connectivity index (χ1v) is 6.83. The van der Waals surface area contributed by atoms with Gasteiger partial charge in [0, 0.05) is 25.7 Å². The second-order valence-electron chi connectivity index (χ2n) is 4.93. The SMILES string of the molecule is CNCCN(C)C(=O)Cn1nnc(-c2ccc(C)cc2)n1.Cl. The highest BCUT2D eigenvalue weighted by molar-refractivity contribution is 5.85. The molecule has 0 bridgehead atoms. The molecule has 1 amide bonds. The molecular weight excluding hydrogens is 304 g/mol. The summed E-state index contributed by atoms with van der Waals surface area (Å²) in [6.45, 7) is 3.52. The Kier molecular flexibility index (Phi) is 6.94. The number of hydrogen-bond acceptors (Lipinski definition) is 5. The first-order chi connectivity index (χ1) is 10.1. The zero-order chi connectivity index (χ0) is 15.2. The summed E-state index contributed by atoms with van der Waals surface area (Å²) in [5.41, 5.74) is 2.07. The van der Waals surface area contributed by atoms with Crippen molar-refractivity contribution in [3.05, 3.63) is 29.8 Å².